The van der Waals surface area contributed by atoms with Gasteiger partial charge in [-0.3, -0.25) is 4.79 Å². The van der Waals surface area contributed by atoms with Gasteiger partial charge in [-0.25, -0.2) is 0 Å². The normalized spacial score (nSPS) is 9.74. The van der Waals surface area contributed by atoms with Gasteiger partial charge in [-0.15, -0.1) is 0 Å². The van der Waals surface area contributed by atoms with Crippen molar-refractivity contribution in [2.75, 3.05) is 32.1 Å². The van der Waals surface area contributed by atoms with E-state index in [0.717, 1.165) is 6.42 Å². The van der Waals surface area contributed by atoms with Gasteiger partial charge in [0.1, 0.15) is 0 Å². The average molecular weight is 282 g/mol. The van der Waals surface area contributed by atoms with Crippen molar-refractivity contribution >= 4 is 23.2 Å². The number of amides is 1. The van der Waals surface area contributed by atoms with Crippen LogP contribution >= 0.6 is 11.6 Å². The molecular weight excluding hydrogens is 266 g/mol. The molecule has 6 heteroatoms. The maximum absolute atomic E-state index is 11.5. The van der Waals surface area contributed by atoms with Gasteiger partial charge >= 0.3 is 0 Å². The maximum atomic E-state index is 11.5. The third-order valence-corrected chi connectivity index (χ3v) is 2.70. The molecule has 0 radical (unpaired) electrons. The first kappa shape index (κ1) is 15.3. The molecule has 0 aliphatic rings. The largest absolute Gasteiger partial charge is 0.385 e. The Kier molecular flexibility index (Phi) is 6.72. The summed E-state index contributed by atoms with van der Waals surface area (Å²) >= 11 is 5.98. The highest BCUT2D eigenvalue weighted by atomic mass is 35.5. The lowest BCUT2D eigenvalue weighted by molar-refractivity contribution is -0.119. The molecule has 2 N–H and O–H groups in total. The summed E-state index contributed by atoms with van der Waals surface area (Å²) in [5, 5.41) is 14.8. The number of ether oxygens (including phenoxy) is 1. The molecule has 19 heavy (non-hydrogen) atoms. The summed E-state index contributed by atoms with van der Waals surface area (Å²) in [5.41, 5.74) is 1.12. The first-order chi connectivity index (χ1) is 9.17. The molecule has 0 fully saturated rings. The predicted octanol–water partition coefficient (Wildman–Crippen LogP) is 1.78. The van der Waals surface area contributed by atoms with E-state index < -0.39 is 0 Å². The average Bonchev–Trinajstić information content (AvgIpc) is 2.42. The highest BCUT2D eigenvalue weighted by Gasteiger charge is 2.04. The second kappa shape index (κ2) is 8.35. The number of hydrogen-bond donors (Lipinski definition) is 2. The van der Waals surface area contributed by atoms with Gasteiger partial charge in [0.2, 0.25) is 5.91 Å². The van der Waals surface area contributed by atoms with Crippen LogP contribution in [-0.4, -0.2) is 32.7 Å². The number of hydrogen-bond acceptors (Lipinski definition) is 4. The number of nitriles is 1. The van der Waals surface area contributed by atoms with Crippen LogP contribution in [-0.2, 0) is 9.53 Å². The molecule has 0 saturated carbocycles. The lowest BCUT2D eigenvalue weighted by Crippen LogP contribution is -2.31. The molecule has 1 rings (SSSR count). The number of methoxy groups -OCH3 is 1. The van der Waals surface area contributed by atoms with Gasteiger partial charge in [0, 0.05) is 20.3 Å². The fourth-order valence-electron chi connectivity index (χ4n) is 1.41. The first-order valence-electron chi connectivity index (χ1n) is 5.86. The third-order valence-electron chi connectivity index (χ3n) is 2.38. The number of benzene rings is 1. The van der Waals surface area contributed by atoms with E-state index in [2.05, 4.69) is 10.6 Å². The molecule has 0 aliphatic carbocycles. The van der Waals surface area contributed by atoms with Crippen LogP contribution in [0, 0.1) is 11.3 Å². The minimum Gasteiger partial charge on any atom is -0.385 e. The van der Waals surface area contributed by atoms with E-state index in [4.69, 9.17) is 21.6 Å². The summed E-state index contributed by atoms with van der Waals surface area (Å²) in [6.07, 6.45) is 0.778. The Morgan fingerprint density at radius 3 is 2.95 bits per heavy atom. The molecule has 5 nitrogen and oxygen atoms in total. The molecule has 0 aliphatic heterocycles. The van der Waals surface area contributed by atoms with E-state index in [-0.39, 0.29) is 12.5 Å². The van der Waals surface area contributed by atoms with Gasteiger partial charge in [-0.1, -0.05) is 11.6 Å². The van der Waals surface area contributed by atoms with E-state index in [9.17, 15) is 4.79 Å². The monoisotopic (exact) mass is 281 g/mol. The number of nitrogens with one attached hydrogen (secondary N) is 2. The van der Waals surface area contributed by atoms with Gasteiger partial charge in [0.15, 0.2) is 0 Å². The van der Waals surface area contributed by atoms with E-state index in [1.165, 1.54) is 0 Å². The van der Waals surface area contributed by atoms with Crippen molar-refractivity contribution in [3.63, 3.8) is 0 Å². The van der Waals surface area contributed by atoms with E-state index >= 15 is 0 Å². The van der Waals surface area contributed by atoms with Crippen LogP contribution < -0.4 is 10.6 Å². The summed E-state index contributed by atoms with van der Waals surface area (Å²) in [5.74, 6) is -0.114. The maximum Gasteiger partial charge on any atom is 0.239 e. The van der Waals surface area contributed by atoms with Crippen molar-refractivity contribution in [1.29, 1.82) is 5.26 Å². The molecule has 0 atom stereocenters. The zero-order chi connectivity index (χ0) is 14.1. The lowest BCUT2D eigenvalue weighted by Gasteiger charge is -2.09. The number of carbonyl (C=O) groups excluding carboxylic acids is 1. The molecule has 0 unspecified atom stereocenters. The minimum atomic E-state index is -0.114. The Hall–Kier alpha value is -1.77. The SMILES string of the molecule is COCCCNC(=O)CNc1ccc(C#N)cc1Cl. The van der Waals surface area contributed by atoms with Gasteiger partial charge in [-0.2, -0.15) is 5.26 Å². The zero-order valence-corrected chi connectivity index (χ0v) is 11.5. The van der Waals surface area contributed by atoms with Gasteiger partial charge < -0.3 is 15.4 Å². The summed E-state index contributed by atoms with van der Waals surface area (Å²) in [6.45, 7) is 1.34. The van der Waals surface area contributed by atoms with Gasteiger partial charge in [-0.05, 0) is 24.6 Å². The molecule has 0 aromatic heterocycles. The highest BCUT2D eigenvalue weighted by Crippen LogP contribution is 2.22. The third kappa shape index (κ3) is 5.60. The zero-order valence-electron chi connectivity index (χ0n) is 10.7. The molecule has 1 aromatic rings. The van der Waals surface area contributed by atoms with E-state index in [0.29, 0.717) is 29.4 Å². The summed E-state index contributed by atoms with van der Waals surface area (Å²) in [4.78, 5) is 11.5. The fraction of sp³-hybridized carbons (Fsp3) is 0.385. The van der Waals surface area contributed by atoms with Crippen molar-refractivity contribution in [3.8, 4) is 6.07 Å². The molecule has 102 valence electrons. The number of rotatable bonds is 7. The topological polar surface area (TPSA) is 74.2 Å². The molecule has 1 aromatic carbocycles. The predicted molar refractivity (Wildman–Crippen MR) is 74.2 cm³/mol. The summed E-state index contributed by atoms with van der Waals surface area (Å²) in [7, 11) is 1.62. The minimum absolute atomic E-state index is 0.114. The van der Waals surface area contributed by atoms with Gasteiger partial charge in [0.25, 0.3) is 0 Å². The number of anilines is 1. The molecule has 0 saturated heterocycles. The highest BCUT2D eigenvalue weighted by molar-refractivity contribution is 6.33. The Bertz CT molecular complexity index is 471. The second-order valence-corrected chi connectivity index (χ2v) is 4.26. The van der Waals surface area contributed by atoms with Crippen LogP contribution in [0.2, 0.25) is 5.02 Å². The van der Waals surface area contributed by atoms with Crippen molar-refractivity contribution in [3.05, 3.63) is 28.8 Å². The van der Waals surface area contributed by atoms with Gasteiger partial charge in [0.05, 0.1) is 28.9 Å². The van der Waals surface area contributed by atoms with Crippen LogP contribution in [0.3, 0.4) is 0 Å². The van der Waals surface area contributed by atoms with Crippen LogP contribution in [0.1, 0.15) is 12.0 Å². The second-order valence-electron chi connectivity index (χ2n) is 3.86. The standard InChI is InChI=1S/C13H16ClN3O2/c1-19-6-2-5-16-13(18)9-17-12-4-3-10(8-15)7-11(12)14/h3-4,7,17H,2,5-6,9H2,1H3,(H,16,18). The van der Waals surface area contributed by atoms with Crippen LogP contribution in [0.25, 0.3) is 0 Å². The van der Waals surface area contributed by atoms with Crippen molar-refractivity contribution < 1.29 is 9.53 Å². The van der Waals surface area contributed by atoms with E-state index in [1.807, 2.05) is 6.07 Å². The van der Waals surface area contributed by atoms with Crippen LogP contribution in [0.4, 0.5) is 5.69 Å². The summed E-state index contributed by atoms with van der Waals surface area (Å²) in [6, 6.07) is 6.88. The Morgan fingerprint density at radius 2 is 2.32 bits per heavy atom. The first-order valence-corrected chi connectivity index (χ1v) is 6.24. The number of halogens is 1. The number of carbonyl (C=O) groups is 1. The lowest BCUT2D eigenvalue weighted by atomic mass is 10.2. The van der Waals surface area contributed by atoms with Crippen molar-refractivity contribution in [1.82, 2.24) is 5.32 Å². The molecular formula is C13H16ClN3O2. The fourth-order valence-corrected chi connectivity index (χ4v) is 1.66. The molecule has 1 amide bonds. The van der Waals surface area contributed by atoms with Crippen molar-refractivity contribution in [2.24, 2.45) is 0 Å². The van der Waals surface area contributed by atoms with Crippen LogP contribution in [0.15, 0.2) is 18.2 Å². The van der Waals surface area contributed by atoms with Crippen LogP contribution in [0.5, 0.6) is 0 Å². The Labute approximate surface area is 117 Å². The van der Waals surface area contributed by atoms with E-state index in [1.54, 1.807) is 25.3 Å². The quantitative estimate of drug-likeness (QED) is 0.747. The smallest absolute Gasteiger partial charge is 0.239 e. The summed E-state index contributed by atoms with van der Waals surface area (Å²) < 4.78 is 4.88. The number of nitrogens with zero attached hydrogens (tertiary/aromatic N) is 1. The molecule has 0 spiro atoms. The molecule has 0 heterocycles. The Morgan fingerprint density at radius 1 is 1.53 bits per heavy atom. The Balaban J connectivity index is 2.36. The molecule has 0 bridgehead atoms. The van der Waals surface area contributed by atoms with Crippen molar-refractivity contribution in [2.45, 2.75) is 6.42 Å².